The normalized spacial score (nSPS) is 61.0. The van der Waals surface area contributed by atoms with Crippen molar-refractivity contribution in [2.24, 2.45) is 46.3 Å². The van der Waals surface area contributed by atoms with Crippen molar-refractivity contribution in [1.82, 2.24) is 0 Å². The Morgan fingerprint density at radius 2 is 1.75 bits per heavy atom. The molecule has 0 aliphatic heterocycles. The van der Waals surface area contributed by atoms with Gasteiger partial charge in [-0.2, -0.15) is 0 Å². The molecule has 4 rings (SSSR count). The largest absolute Gasteiger partial charge is 0.103 e. The van der Waals surface area contributed by atoms with E-state index >= 15 is 0 Å². The standard InChI is InChI=1S/C20H32/c1-5-14-10-15-7-8-16-17-9-6-13(2)19(17,3)12-18(16)20(15,4)11-14/h5,13-18H,1,6-12H2,2-4H3. The fourth-order valence-electron chi connectivity index (χ4n) is 7.46. The Hall–Kier alpha value is -0.260. The van der Waals surface area contributed by atoms with E-state index in [1.54, 1.807) is 12.8 Å². The highest BCUT2D eigenvalue weighted by Gasteiger charge is 2.63. The predicted octanol–water partition coefficient (Wildman–Crippen LogP) is 5.69. The van der Waals surface area contributed by atoms with E-state index < -0.39 is 0 Å². The minimum Gasteiger partial charge on any atom is -0.103 e. The zero-order valence-electron chi connectivity index (χ0n) is 13.7. The zero-order chi connectivity index (χ0) is 14.1. The van der Waals surface area contributed by atoms with Crippen LogP contribution in [0.25, 0.3) is 0 Å². The molecule has 0 aromatic heterocycles. The van der Waals surface area contributed by atoms with E-state index in [0.29, 0.717) is 10.8 Å². The molecule has 8 unspecified atom stereocenters. The highest BCUT2D eigenvalue weighted by atomic mass is 14.7. The van der Waals surface area contributed by atoms with E-state index in [1.807, 2.05) is 0 Å². The van der Waals surface area contributed by atoms with Crippen molar-refractivity contribution in [2.75, 3.05) is 0 Å². The van der Waals surface area contributed by atoms with Crippen molar-refractivity contribution >= 4 is 0 Å². The maximum Gasteiger partial charge on any atom is -0.0228 e. The summed E-state index contributed by atoms with van der Waals surface area (Å²) in [6.07, 6.45) is 12.8. The molecule has 8 atom stereocenters. The molecule has 0 heterocycles. The van der Waals surface area contributed by atoms with E-state index in [0.717, 1.165) is 35.5 Å². The second kappa shape index (κ2) is 4.14. The lowest BCUT2D eigenvalue weighted by Gasteiger charge is -2.47. The number of hydrogen-bond acceptors (Lipinski definition) is 0. The summed E-state index contributed by atoms with van der Waals surface area (Å²) in [4.78, 5) is 0. The third-order valence-electron chi connectivity index (χ3n) is 8.83. The Morgan fingerprint density at radius 1 is 0.950 bits per heavy atom. The summed E-state index contributed by atoms with van der Waals surface area (Å²) in [6.45, 7) is 11.9. The van der Waals surface area contributed by atoms with Crippen molar-refractivity contribution in [3.05, 3.63) is 12.7 Å². The van der Waals surface area contributed by atoms with Crippen LogP contribution in [0.5, 0.6) is 0 Å². The molecule has 20 heavy (non-hydrogen) atoms. The summed E-state index contributed by atoms with van der Waals surface area (Å²) in [5.74, 6) is 5.94. The molecule has 4 aliphatic rings. The van der Waals surface area contributed by atoms with Crippen LogP contribution in [-0.2, 0) is 0 Å². The molecule has 0 N–H and O–H groups in total. The molecule has 0 aromatic rings. The molecule has 112 valence electrons. The molecule has 0 nitrogen and oxygen atoms in total. The van der Waals surface area contributed by atoms with Gasteiger partial charge >= 0.3 is 0 Å². The van der Waals surface area contributed by atoms with Crippen LogP contribution in [0.3, 0.4) is 0 Å². The van der Waals surface area contributed by atoms with E-state index in [-0.39, 0.29) is 0 Å². The third-order valence-corrected chi connectivity index (χ3v) is 8.83. The molecular formula is C20H32. The molecular weight excluding hydrogens is 240 g/mol. The molecule has 4 saturated carbocycles. The minimum atomic E-state index is 0.648. The highest BCUT2D eigenvalue weighted by Crippen LogP contribution is 2.71. The fraction of sp³-hybridized carbons (Fsp3) is 0.900. The second-order valence-electron chi connectivity index (χ2n) is 9.28. The lowest BCUT2D eigenvalue weighted by Crippen LogP contribution is -2.39. The van der Waals surface area contributed by atoms with Gasteiger partial charge in [0.2, 0.25) is 0 Å². The second-order valence-corrected chi connectivity index (χ2v) is 9.28. The van der Waals surface area contributed by atoms with Crippen molar-refractivity contribution in [3.8, 4) is 0 Å². The number of rotatable bonds is 1. The monoisotopic (exact) mass is 272 g/mol. The molecule has 0 bridgehead atoms. The smallest absolute Gasteiger partial charge is 0.0228 e. The van der Waals surface area contributed by atoms with Crippen LogP contribution in [0.1, 0.15) is 65.7 Å². The van der Waals surface area contributed by atoms with Crippen LogP contribution in [0, 0.1) is 46.3 Å². The molecule has 0 radical (unpaired) electrons. The number of fused-ring (bicyclic) bond motifs is 5. The lowest BCUT2D eigenvalue weighted by atomic mass is 9.58. The molecule has 0 spiro atoms. The average Bonchev–Trinajstić information content (AvgIpc) is 3.00. The summed E-state index contributed by atoms with van der Waals surface area (Å²) in [7, 11) is 0. The van der Waals surface area contributed by atoms with Gasteiger partial charge in [-0.3, -0.25) is 0 Å². The van der Waals surface area contributed by atoms with Gasteiger partial charge in [-0.05, 0) is 91.3 Å². The van der Waals surface area contributed by atoms with Crippen LogP contribution in [0.4, 0.5) is 0 Å². The van der Waals surface area contributed by atoms with Gasteiger partial charge in [-0.25, -0.2) is 0 Å². The fourth-order valence-corrected chi connectivity index (χ4v) is 7.46. The molecule has 0 saturated heterocycles. The third kappa shape index (κ3) is 1.49. The maximum atomic E-state index is 4.10. The van der Waals surface area contributed by atoms with Crippen LogP contribution in [0.2, 0.25) is 0 Å². The molecule has 0 aromatic carbocycles. The van der Waals surface area contributed by atoms with Gasteiger partial charge in [-0.1, -0.05) is 26.8 Å². The topological polar surface area (TPSA) is 0 Å². The summed E-state index contributed by atoms with van der Waals surface area (Å²) >= 11 is 0. The van der Waals surface area contributed by atoms with Gasteiger partial charge in [0.05, 0.1) is 0 Å². The van der Waals surface area contributed by atoms with Crippen molar-refractivity contribution in [3.63, 3.8) is 0 Å². The Bertz CT molecular complexity index is 424. The summed E-state index contributed by atoms with van der Waals surface area (Å²) in [5, 5.41) is 0. The first kappa shape index (κ1) is 13.4. The van der Waals surface area contributed by atoms with Crippen molar-refractivity contribution < 1.29 is 0 Å². The Morgan fingerprint density at radius 3 is 2.50 bits per heavy atom. The first-order valence-corrected chi connectivity index (χ1v) is 9.11. The summed E-state index contributed by atoms with van der Waals surface area (Å²) in [6, 6.07) is 0. The number of allylic oxidation sites excluding steroid dienone is 1. The van der Waals surface area contributed by atoms with Gasteiger partial charge < -0.3 is 0 Å². The quantitative estimate of drug-likeness (QED) is 0.538. The van der Waals surface area contributed by atoms with Crippen molar-refractivity contribution in [2.45, 2.75) is 65.7 Å². The van der Waals surface area contributed by atoms with Gasteiger partial charge in [-0.15, -0.1) is 6.58 Å². The van der Waals surface area contributed by atoms with E-state index in [9.17, 15) is 0 Å². The summed E-state index contributed by atoms with van der Waals surface area (Å²) in [5.41, 5.74) is 1.33. The number of hydrogen-bond donors (Lipinski definition) is 0. The van der Waals surface area contributed by atoms with E-state index in [2.05, 4.69) is 33.4 Å². The minimum absolute atomic E-state index is 0.648. The summed E-state index contributed by atoms with van der Waals surface area (Å²) < 4.78 is 0. The van der Waals surface area contributed by atoms with Crippen LogP contribution < -0.4 is 0 Å². The van der Waals surface area contributed by atoms with Crippen LogP contribution >= 0.6 is 0 Å². The molecule has 4 fully saturated rings. The van der Waals surface area contributed by atoms with Gasteiger partial charge in [0.15, 0.2) is 0 Å². The first-order chi connectivity index (χ1) is 9.49. The van der Waals surface area contributed by atoms with Gasteiger partial charge in [0.25, 0.3) is 0 Å². The van der Waals surface area contributed by atoms with E-state index in [1.165, 1.54) is 32.1 Å². The predicted molar refractivity (Wildman–Crippen MR) is 85.3 cm³/mol. The zero-order valence-corrected chi connectivity index (χ0v) is 13.7. The van der Waals surface area contributed by atoms with Gasteiger partial charge in [0.1, 0.15) is 0 Å². The first-order valence-electron chi connectivity index (χ1n) is 9.11. The molecule has 0 amide bonds. The Labute approximate surface area is 125 Å². The highest BCUT2D eigenvalue weighted by molar-refractivity contribution is 5.13. The lowest BCUT2D eigenvalue weighted by molar-refractivity contribution is 0.0232. The van der Waals surface area contributed by atoms with Crippen molar-refractivity contribution in [1.29, 1.82) is 0 Å². The Kier molecular flexibility index (Phi) is 2.78. The Balaban J connectivity index is 1.67. The SMILES string of the molecule is C=CC1CC2CCC3C4CCC(C)C4(C)CC3C2(C)C1. The van der Waals surface area contributed by atoms with Crippen LogP contribution in [-0.4, -0.2) is 0 Å². The maximum absolute atomic E-state index is 4.10. The molecule has 4 aliphatic carbocycles. The average molecular weight is 272 g/mol. The molecule has 0 heteroatoms. The van der Waals surface area contributed by atoms with E-state index in [4.69, 9.17) is 0 Å². The van der Waals surface area contributed by atoms with Gasteiger partial charge in [0, 0.05) is 0 Å². The van der Waals surface area contributed by atoms with Crippen LogP contribution in [0.15, 0.2) is 12.7 Å².